The minimum Gasteiger partial charge on any atom is -0.311 e. The largest absolute Gasteiger partial charge is 0.311 e. The molecule has 0 amide bonds. The van der Waals surface area contributed by atoms with Crippen LogP contribution in [0.2, 0.25) is 5.02 Å². The molecular weight excluding hydrogens is 266 g/mol. The Kier molecular flexibility index (Phi) is 4.74. The number of nitro benzene ring substituents is 1. The topological polar surface area (TPSA) is 58.4 Å². The monoisotopic (exact) mass is 283 g/mol. The SMILES string of the molecule is CN(CCNCc1ccc([N+](=O)[O-])cc1Cl)C1CC1. The maximum Gasteiger partial charge on any atom is 0.270 e. The maximum atomic E-state index is 10.6. The number of halogens is 1. The van der Waals surface area contributed by atoms with Gasteiger partial charge in [-0.15, -0.1) is 0 Å². The molecule has 104 valence electrons. The van der Waals surface area contributed by atoms with Gasteiger partial charge in [0, 0.05) is 37.8 Å². The number of non-ortho nitro benzene ring substituents is 1. The first-order valence-electron chi connectivity index (χ1n) is 6.41. The molecule has 0 saturated heterocycles. The van der Waals surface area contributed by atoms with Crippen molar-refractivity contribution < 1.29 is 4.92 Å². The number of nitrogens with one attached hydrogen (secondary N) is 1. The van der Waals surface area contributed by atoms with Gasteiger partial charge in [-0.2, -0.15) is 0 Å². The molecule has 0 atom stereocenters. The van der Waals surface area contributed by atoms with Crippen LogP contribution in [0.4, 0.5) is 5.69 Å². The van der Waals surface area contributed by atoms with Crippen LogP contribution in [0.1, 0.15) is 18.4 Å². The van der Waals surface area contributed by atoms with E-state index in [2.05, 4.69) is 17.3 Å². The summed E-state index contributed by atoms with van der Waals surface area (Å²) in [7, 11) is 2.14. The maximum absolute atomic E-state index is 10.6. The first-order chi connectivity index (χ1) is 9.08. The molecule has 0 unspecified atom stereocenters. The van der Waals surface area contributed by atoms with Crippen LogP contribution in [-0.4, -0.2) is 36.0 Å². The molecule has 1 saturated carbocycles. The lowest BCUT2D eigenvalue weighted by atomic mass is 10.2. The number of rotatable bonds is 7. The second kappa shape index (κ2) is 6.32. The van der Waals surface area contributed by atoms with Crippen LogP contribution in [-0.2, 0) is 6.54 Å². The summed E-state index contributed by atoms with van der Waals surface area (Å²) in [6, 6.07) is 5.36. The Morgan fingerprint density at radius 3 is 2.84 bits per heavy atom. The lowest BCUT2D eigenvalue weighted by Gasteiger charge is -2.15. The highest BCUT2D eigenvalue weighted by atomic mass is 35.5. The fourth-order valence-electron chi connectivity index (χ4n) is 1.97. The van der Waals surface area contributed by atoms with Crippen molar-refractivity contribution in [3.63, 3.8) is 0 Å². The lowest BCUT2D eigenvalue weighted by Crippen LogP contribution is -2.30. The Hall–Kier alpha value is -1.17. The van der Waals surface area contributed by atoms with Crippen LogP contribution in [0.3, 0.4) is 0 Å². The summed E-state index contributed by atoms with van der Waals surface area (Å²) in [5, 5.41) is 14.3. The van der Waals surface area contributed by atoms with Crippen LogP contribution in [0.5, 0.6) is 0 Å². The molecule has 0 bridgehead atoms. The van der Waals surface area contributed by atoms with Gasteiger partial charge in [0.25, 0.3) is 5.69 Å². The van der Waals surface area contributed by atoms with Crippen LogP contribution in [0.25, 0.3) is 0 Å². The number of hydrogen-bond acceptors (Lipinski definition) is 4. The number of hydrogen-bond donors (Lipinski definition) is 1. The predicted octanol–water partition coefficient (Wildman–Crippen LogP) is 2.43. The van der Waals surface area contributed by atoms with Crippen LogP contribution >= 0.6 is 11.6 Å². The van der Waals surface area contributed by atoms with Crippen molar-refractivity contribution in [3.8, 4) is 0 Å². The molecule has 1 aromatic rings. The second-order valence-electron chi connectivity index (χ2n) is 4.92. The third-order valence-electron chi connectivity index (χ3n) is 3.37. The zero-order valence-electron chi connectivity index (χ0n) is 10.9. The standard InChI is InChI=1S/C13H18ClN3O2/c1-16(11-4-5-11)7-6-15-9-10-2-3-12(17(18)19)8-13(10)14/h2-3,8,11,15H,4-7,9H2,1H3. The van der Waals surface area contributed by atoms with Gasteiger partial charge in [-0.1, -0.05) is 11.6 Å². The summed E-state index contributed by atoms with van der Waals surface area (Å²) in [5.41, 5.74) is 0.920. The van der Waals surface area contributed by atoms with Crippen LogP contribution in [0.15, 0.2) is 18.2 Å². The Morgan fingerprint density at radius 2 is 2.26 bits per heavy atom. The van der Waals surface area contributed by atoms with Gasteiger partial charge in [-0.05, 0) is 31.5 Å². The summed E-state index contributed by atoms with van der Waals surface area (Å²) in [5.74, 6) is 0. The Bertz CT molecular complexity index is 463. The van der Waals surface area contributed by atoms with Gasteiger partial charge in [0.1, 0.15) is 0 Å². The van der Waals surface area contributed by atoms with E-state index in [1.54, 1.807) is 6.07 Å². The van der Waals surface area contributed by atoms with Gasteiger partial charge in [-0.25, -0.2) is 0 Å². The van der Waals surface area contributed by atoms with Crippen molar-refractivity contribution >= 4 is 17.3 Å². The molecule has 19 heavy (non-hydrogen) atoms. The van der Waals surface area contributed by atoms with Crippen molar-refractivity contribution in [1.29, 1.82) is 0 Å². The van der Waals surface area contributed by atoms with E-state index in [1.165, 1.54) is 25.0 Å². The quantitative estimate of drug-likeness (QED) is 0.474. The highest BCUT2D eigenvalue weighted by Gasteiger charge is 2.25. The normalized spacial score (nSPS) is 14.9. The van der Waals surface area contributed by atoms with Gasteiger partial charge >= 0.3 is 0 Å². The third kappa shape index (κ3) is 4.16. The van der Waals surface area contributed by atoms with Gasteiger partial charge in [0.05, 0.1) is 9.95 Å². The van der Waals surface area contributed by atoms with E-state index in [9.17, 15) is 10.1 Å². The molecule has 1 aliphatic carbocycles. The minimum atomic E-state index is -0.437. The summed E-state index contributed by atoms with van der Waals surface area (Å²) < 4.78 is 0. The Balaban J connectivity index is 1.77. The van der Waals surface area contributed by atoms with Gasteiger partial charge in [0.2, 0.25) is 0 Å². The zero-order valence-corrected chi connectivity index (χ0v) is 11.7. The molecule has 0 radical (unpaired) electrons. The molecule has 1 aromatic carbocycles. The third-order valence-corrected chi connectivity index (χ3v) is 3.73. The molecule has 2 rings (SSSR count). The molecule has 1 N–H and O–H groups in total. The van der Waals surface area contributed by atoms with E-state index in [-0.39, 0.29) is 5.69 Å². The second-order valence-corrected chi connectivity index (χ2v) is 5.33. The van der Waals surface area contributed by atoms with E-state index >= 15 is 0 Å². The molecule has 1 fully saturated rings. The molecule has 0 heterocycles. The van der Waals surface area contributed by atoms with Crippen LogP contribution < -0.4 is 5.32 Å². The predicted molar refractivity (Wildman–Crippen MR) is 75.5 cm³/mol. The number of nitro groups is 1. The fraction of sp³-hybridized carbons (Fsp3) is 0.538. The molecular formula is C13H18ClN3O2. The van der Waals surface area contributed by atoms with E-state index < -0.39 is 4.92 Å². The summed E-state index contributed by atoms with van der Waals surface area (Å²) >= 11 is 6.02. The van der Waals surface area contributed by atoms with Crippen molar-refractivity contribution in [2.45, 2.75) is 25.4 Å². The minimum absolute atomic E-state index is 0.0298. The average Bonchev–Trinajstić information content (AvgIpc) is 3.19. The number of likely N-dealkylation sites (N-methyl/N-ethyl adjacent to an activating group) is 1. The first-order valence-corrected chi connectivity index (χ1v) is 6.79. The van der Waals surface area contributed by atoms with E-state index in [0.29, 0.717) is 11.6 Å². The molecule has 0 aliphatic heterocycles. The summed E-state index contributed by atoms with van der Waals surface area (Å²) in [4.78, 5) is 12.5. The first kappa shape index (κ1) is 14.2. The Labute approximate surface area is 117 Å². The highest BCUT2D eigenvalue weighted by molar-refractivity contribution is 6.31. The fourth-order valence-corrected chi connectivity index (χ4v) is 2.21. The summed E-state index contributed by atoms with van der Waals surface area (Å²) in [6.45, 7) is 2.53. The molecule has 5 nitrogen and oxygen atoms in total. The lowest BCUT2D eigenvalue weighted by molar-refractivity contribution is -0.384. The van der Waals surface area contributed by atoms with Gasteiger partial charge in [-0.3, -0.25) is 10.1 Å². The molecule has 1 aliphatic rings. The van der Waals surface area contributed by atoms with Gasteiger partial charge < -0.3 is 10.2 Å². The highest BCUT2D eigenvalue weighted by Crippen LogP contribution is 2.25. The smallest absolute Gasteiger partial charge is 0.270 e. The van der Waals surface area contributed by atoms with Crippen molar-refractivity contribution in [2.24, 2.45) is 0 Å². The van der Waals surface area contributed by atoms with Gasteiger partial charge in [0.15, 0.2) is 0 Å². The van der Waals surface area contributed by atoms with E-state index in [0.717, 1.165) is 24.7 Å². The number of nitrogens with zero attached hydrogens (tertiary/aromatic N) is 2. The zero-order chi connectivity index (χ0) is 13.8. The Morgan fingerprint density at radius 1 is 1.53 bits per heavy atom. The molecule has 0 spiro atoms. The van der Waals surface area contributed by atoms with E-state index in [1.807, 2.05) is 0 Å². The van der Waals surface area contributed by atoms with Crippen molar-refractivity contribution in [3.05, 3.63) is 38.9 Å². The average molecular weight is 284 g/mol. The van der Waals surface area contributed by atoms with Crippen molar-refractivity contribution in [1.82, 2.24) is 10.2 Å². The molecule has 0 aromatic heterocycles. The summed E-state index contributed by atoms with van der Waals surface area (Å²) in [6.07, 6.45) is 2.62. The van der Waals surface area contributed by atoms with Crippen LogP contribution in [0, 0.1) is 10.1 Å². The number of benzene rings is 1. The molecule has 6 heteroatoms. The van der Waals surface area contributed by atoms with E-state index in [4.69, 9.17) is 11.6 Å². The van der Waals surface area contributed by atoms with Crippen molar-refractivity contribution in [2.75, 3.05) is 20.1 Å².